The first kappa shape index (κ1) is 18.0. The molecule has 1 aromatic carbocycles. The first-order valence-electron chi connectivity index (χ1n) is 9.73. The monoisotopic (exact) mass is 367 g/mol. The van der Waals surface area contributed by atoms with E-state index in [1.54, 1.807) is 6.33 Å². The lowest BCUT2D eigenvalue weighted by molar-refractivity contribution is 0.312. The minimum absolute atomic E-state index is 0.839. The van der Waals surface area contributed by atoms with Crippen molar-refractivity contribution in [1.29, 1.82) is 0 Å². The number of nitrogens with zero attached hydrogens (tertiary/aromatic N) is 6. The third kappa shape index (κ3) is 4.48. The Hall–Kier alpha value is -2.38. The Balaban J connectivity index is 1.39. The van der Waals surface area contributed by atoms with Gasteiger partial charge in [0.25, 0.3) is 0 Å². The van der Waals surface area contributed by atoms with E-state index < -0.39 is 0 Å². The maximum absolute atomic E-state index is 4.46. The van der Waals surface area contributed by atoms with Gasteiger partial charge < -0.3 is 24.9 Å². The van der Waals surface area contributed by atoms with Crippen molar-refractivity contribution in [2.24, 2.45) is 0 Å². The minimum atomic E-state index is 0.839. The van der Waals surface area contributed by atoms with Gasteiger partial charge in [0.05, 0.1) is 0 Å². The van der Waals surface area contributed by atoms with E-state index in [0.717, 1.165) is 69.7 Å². The topological polar surface area (TPSA) is 50.8 Å². The molecule has 7 heteroatoms. The molecule has 4 rings (SSSR count). The molecule has 0 bridgehead atoms. The Labute approximate surface area is 161 Å². The number of likely N-dealkylation sites (N-methyl/N-ethyl adjacent to an activating group) is 2. The summed E-state index contributed by atoms with van der Waals surface area (Å²) in [6, 6.07) is 10.7. The lowest BCUT2D eigenvalue weighted by Gasteiger charge is -2.34. The third-order valence-corrected chi connectivity index (χ3v) is 5.49. The molecule has 0 saturated carbocycles. The van der Waals surface area contributed by atoms with Gasteiger partial charge in [0.2, 0.25) is 0 Å². The zero-order chi connectivity index (χ0) is 18.6. The number of hydrogen-bond donors (Lipinski definition) is 1. The van der Waals surface area contributed by atoms with Crippen LogP contribution in [0.3, 0.4) is 0 Å². The summed E-state index contributed by atoms with van der Waals surface area (Å²) in [5.41, 5.74) is 2.34. The van der Waals surface area contributed by atoms with Crippen LogP contribution in [0.2, 0.25) is 0 Å². The molecule has 0 amide bonds. The molecule has 3 heterocycles. The van der Waals surface area contributed by atoms with Gasteiger partial charge in [-0.1, -0.05) is 0 Å². The second-order valence-corrected chi connectivity index (χ2v) is 7.51. The minimum Gasteiger partial charge on any atom is -0.369 e. The van der Waals surface area contributed by atoms with Crippen LogP contribution < -0.4 is 15.1 Å². The molecule has 27 heavy (non-hydrogen) atoms. The van der Waals surface area contributed by atoms with Crippen molar-refractivity contribution >= 4 is 23.0 Å². The number of piperazine rings is 2. The van der Waals surface area contributed by atoms with Gasteiger partial charge in [0, 0.05) is 69.8 Å². The summed E-state index contributed by atoms with van der Waals surface area (Å²) in [6.45, 7) is 8.57. The molecule has 144 valence electrons. The van der Waals surface area contributed by atoms with Crippen molar-refractivity contribution in [2.45, 2.75) is 0 Å². The summed E-state index contributed by atoms with van der Waals surface area (Å²) in [5, 5.41) is 3.41. The van der Waals surface area contributed by atoms with Gasteiger partial charge in [-0.15, -0.1) is 0 Å². The molecule has 1 aromatic heterocycles. The Morgan fingerprint density at radius 1 is 0.741 bits per heavy atom. The molecule has 0 spiro atoms. The normalized spacial score (nSPS) is 19.3. The van der Waals surface area contributed by atoms with Crippen molar-refractivity contribution in [2.75, 3.05) is 81.6 Å². The fraction of sp³-hybridized carbons (Fsp3) is 0.500. The molecular formula is C20H29N7. The first-order chi connectivity index (χ1) is 13.2. The van der Waals surface area contributed by atoms with Crippen LogP contribution in [0.5, 0.6) is 0 Å². The molecule has 2 aliphatic rings. The molecule has 0 unspecified atom stereocenters. The van der Waals surface area contributed by atoms with E-state index in [1.165, 1.54) is 5.69 Å². The third-order valence-electron chi connectivity index (χ3n) is 5.49. The van der Waals surface area contributed by atoms with Crippen molar-refractivity contribution in [1.82, 2.24) is 19.8 Å². The van der Waals surface area contributed by atoms with E-state index >= 15 is 0 Å². The SMILES string of the molecule is CN1CCN(c2ccc(Nc3cc(N4CCN(C)CC4)ncn3)cc2)CC1. The van der Waals surface area contributed by atoms with E-state index in [4.69, 9.17) is 0 Å². The number of anilines is 4. The molecule has 1 N–H and O–H groups in total. The van der Waals surface area contributed by atoms with Gasteiger partial charge in [0.15, 0.2) is 0 Å². The summed E-state index contributed by atoms with van der Waals surface area (Å²) in [7, 11) is 4.35. The largest absolute Gasteiger partial charge is 0.369 e. The highest BCUT2D eigenvalue weighted by Crippen LogP contribution is 2.23. The van der Waals surface area contributed by atoms with Gasteiger partial charge in [0.1, 0.15) is 18.0 Å². The van der Waals surface area contributed by atoms with Crippen LogP contribution in [0.4, 0.5) is 23.0 Å². The number of benzene rings is 1. The highest BCUT2D eigenvalue weighted by atomic mass is 15.3. The van der Waals surface area contributed by atoms with Crippen molar-refractivity contribution in [3.8, 4) is 0 Å². The van der Waals surface area contributed by atoms with Crippen LogP contribution in [0.25, 0.3) is 0 Å². The smallest absolute Gasteiger partial charge is 0.135 e. The molecule has 0 radical (unpaired) electrons. The van der Waals surface area contributed by atoms with E-state index in [9.17, 15) is 0 Å². The van der Waals surface area contributed by atoms with E-state index in [0.29, 0.717) is 0 Å². The highest BCUT2D eigenvalue weighted by molar-refractivity contribution is 5.62. The predicted octanol–water partition coefficient (Wildman–Crippen LogP) is 1.72. The zero-order valence-electron chi connectivity index (χ0n) is 16.3. The summed E-state index contributed by atoms with van der Waals surface area (Å²) in [4.78, 5) is 18.3. The molecule has 2 saturated heterocycles. The number of aromatic nitrogens is 2. The Kier molecular flexibility index (Phi) is 5.40. The van der Waals surface area contributed by atoms with Crippen LogP contribution in [0.15, 0.2) is 36.7 Å². The molecule has 0 aliphatic carbocycles. The molecule has 7 nitrogen and oxygen atoms in total. The van der Waals surface area contributed by atoms with Crippen LogP contribution in [-0.4, -0.2) is 86.2 Å². The fourth-order valence-electron chi connectivity index (χ4n) is 3.59. The number of hydrogen-bond acceptors (Lipinski definition) is 7. The van der Waals surface area contributed by atoms with Crippen molar-refractivity contribution < 1.29 is 0 Å². The number of rotatable bonds is 4. The standard InChI is InChI=1S/C20H29N7/c1-24-7-11-26(12-8-24)18-5-3-17(4-6-18)23-19-15-20(22-16-21-19)27-13-9-25(2)10-14-27/h3-6,15-16H,7-14H2,1-2H3,(H,21,22,23). The summed E-state index contributed by atoms with van der Waals surface area (Å²) < 4.78 is 0. The quantitative estimate of drug-likeness (QED) is 0.883. The van der Waals surface area contributed by atoms with E-state index in [-0.39, 0.29) is 0 Å². The van der Waals surface area contributed by atoms with Crippen molar-refractivity contribution in [3.63, 3.8) is 0 Å². The fourth-order valence-corrected chi connectivity index (χ4v) is 3.59. The predicted molar refractivity (Wildman–Crippen MR) is 111 cm³/mol. The first-order valence-corrected chi connectivity index (χ1v) is 9.73. The summed E-state index contributed by atoms with van der Waals surface area (Å²) >= 11 is 0. The highest BCUT2D eigenvalue weighted by Gasteiger charge is 2.16. The summed E-state index contributed by atoms with van der Waals surface area (Å²) in [6.07, 6.45) is 1.65. The van der Waals surface area contributed by atoms with E-state index in [1.807, 2.05) is 6.07 Å². The average Bonchev–Trinajstić information content (AvgIpc) is 2.70. The van der Waals surface area contributed by atoms with Crippen LogP contribution >= 0.6 is 0 Å². The Bertz CT molecular complexity index is 732. The maximum atomic E-state index is 4.46. The molecule has 2 aliphatic heterocycles. The molecule has 0 atom stereocenters. The molecule has 2 fully saturated rings. The maximum Gasteiger partial charge on any atom is 0.135 e. The van der Waals surface area contributed by atoms with Crippen LogP contribution in [-0.2, 0) is 0 Å². The van der Waals surface area contributed by atoms with Gasteiger partial charge >= 0.3 is 0 Å². The molecular weight excluding hydrogens is 338 g/mol. The Morgan fingerprint density at radius 2 is 1.33 bits per heavy atom. The van der Waals surface area contributed by atoms with Gasteiger partial charge in [-0.05, 0) is 38.4 Å². The van der Waals surface area contributed by atoms with Gasteiger partial charge in [-0.2, -0.15) is 0 Å². The lowest BCUT2D eigenvalue weighted by atomic mass is 10.2. The Morgan fingerprint density at radius 3 is 1.96 bits per heavy atom. The summed E-state index contributed by atoms with van der Waals surface area (Å²) in [5.74, 6) is 1.83. The second-order valence-electron chi connectivity index (χ2n) is 7.51. The zero-order valence-corrected chi connectivity index (χ0v) is 16.3. The van der Waals surface area contributed by atoms with Crippen LogP contribution in [0.1, 0.15) is 0 Å². The van der Waals surface area contributed by atoms with E-state index in [2.05, 4.69) is 73.2 Å². The number of nitrogens with one attached hydrogen (secondary N) is 1. The van der Waals surface area contributed by atoms with Crippen molar-refractivity contribution in [3.05, 3.63) is 36.7 Å². The van der Waals surface area contributed by atoms with Gasteiger partial charge in [-0.3, -0.25) is 0 Å². The second kappa shape index (κ2) is 8.10. The molecule has 2 aromatic rings. The van der Waals surface area contributed by atoms with Gasteiger partial charge in [-0.25, -0.2) is 9.97 Å². The van der Waals surface area contributed by atoms with Crippen LogP contribution in [0, 0.1) is 0 Å². The lowest BCUT2D eigenvalue weighted by Crippen LogP contribution is -2.44. The average molecular weight is 368 g/mol.